The normalized spacial score (nSPS) is 11.9. The largest absolute Gasteiger partial charge is 0.453 e. The number of ether oxygens (including phenoxy) is 2. The third-order valence-corrected chi connectivity index (χ3v) is 5.83. The first-order valence-electron chi connectivity index (χ1n) is 10.4. The number of thiophene rings is 1. The number of esters is 1. The van der Waals surface area contributed by atoms with Gasteiger partial charge in [-0.25, -0.2) is 4.98 Å². The Balaban J connectivity index is 1.40. The molecule has 0 bridgehead atoms. The van der Waals surface area contributed by atoms with Gasteiger partial charge in [0.05, 0.1) is 5.39 Å². The molecule has 2 heterocycles. The molecule has 0 spiro atoms. The molecule has 2 aromatic carbocycles. The number of halogens is 2. The Bertz CT molecular complexity index is 1420. The summed E-state index contributed by atoms with van der Waals surface area (Å²) in [6.07, 6.45) is -0.887. The first-order valence-corrected chi connectivity index (χ1v) is 11.3. The number of aromatic amines is 1. The van der Waals surface area contributed by atoms with Gasteiger partial charge >= 0.3 is 12.6 Å². The molecule has 0 saturated heterocycles. The minimum atomic E-state index is -3.02. The summed E-state index contributed by atoms with van der Waals surface area (Å²) in [6, 6.07) is 14.6. The van der Waals surface area contributed by atoms with Crippen LogP contribution >= 0.6 is 11.3 Å². The van der Waals surface area contributed by atoms with Crippen LogP contribution in [-0.2, 0) is 9.53 Å². The van der Waals surface area contributed by atoms with Crippen molar-refractivity contribution in [3.63, 3.8) is 0 Å². The van der Waals surface area contributed by atoms with Crippen molar-refractivity contribution >= 4 is 33.4 Å². The molecule has 180 valence electrons. The zero-order valence-electron chi connectivity index (χ0n) is 18.3. The molecule has 0 aliphatic carbocycles. The highest BCUT2D eigenvalue weighted by Crippen LogP contribution is 2.31. The summed E-state index contributed by atoms with van der Waals surface area (Å²) in [6.45, 7) is -1.96. The highest BCUT2D eigenvalue weighted by atomic mass is 32.1. The van der Waals surface area contributed by atoms with Crippen LogP contribution in [0.5, 0.6) is 5.75 Å². The number of nitrogens with one attached hydrogen (secondary N) is 2. The van der Waals surface area contributed by atoms with Crippen LogP contribution < -0.4 is 15.6 Å². The van der Waals surface area contributed by atoms with E-state index in [9.17, 15) is 23.2 Å². The van der Waals surface area contributed by atoms with Gasteiger partial charge in [0.2, 0.25) is 0 Å². The predicted octanol–water partition coefficient (Wildman–Crippen LogP) is 4.29. The number of alkyl halides is 2. The Morgan fingerprint density at radius 2 is 1.91 bits per heavy atom. The molecule has 2 N–H and O–H groups in total. The van der Waals surface area contributed by atoms with Gasteiger partial charge in [-0.15, -0.1) is 11.3 Å². The number of rotatable bonds is 8. The van der Waals surface area contributed by atoms with Crippen LogP contribution in [0.1, 0.15) is 29.2 Å². The van der Waals surface area contributed by atoms with E-state index in [2.05, 4.69) is 20.0 Å². The number of hydrogen-bond donors (Lipinski definition) is 2. The molecule has 8 nitrogen and oxygen atoms in total. The monoisotopic (exact) mass is 499 g/mol. The second-order valence-corrected chi connectivity index (χ2v) is 8.23. The molecule has 0 fully saturated rings. The molecule has 0 radical (unpaired) electrons. The average Bonchev–Trinajstić information content (AvgIpc) is 3.27. The van der Waals surface area contributed by atoms with Gasteiger partial charge < -0.3 is 19.8 Å². The van der Waals surface area contributed by atoms with E-state index in [1.165, 1.54) is 29.5 Å². The van der Waals surface area contributed by atoms with Crippen molar-refractivity contribution < 1.29 is 27.8 Å². The van der Waals surface area contributed by atoms with E-state index in [0.717, 1.165) is 17.2 Å². The number of aromatic nitrogens is 2. The number of carbonyl (C=O) groups excluding carboxylic acids is 2. The topological polar surface area (TPSA) is 110 Å². The maximum atomic E-state index is 12.8. The van der Waals surface area contributed by atoms with Gasteiger partial charge in [0.25, 0.3) is 11.5 Å². The molecule has 1 amide bonds. The number of carbonyl (C=O) groups is 2. The third kappa shape index (κ3) is 5.69. The molecule has 1 atom stereocenters. The fourth-order valence-corrected chi connectivity index (χ4v) is 4.31. The Morgan fingerprint density at radius 3 is 2.66 bits per heavy atom. The molecule has 1 unspecified atom stereocenters. The number of hydrogen-bond acceptors (Lipinski definition) is 7. The number of benzene rings is 2. The zero-order chi connectivity index (χ0) is 24.9. The SMILES string of the molecule is CC(OC(=O)CNC(=O)c1cccc(OC(F)F)c1)c1nc2scc(-c3ccccc3)c2c(=O)[nH]1. The van der Waals surface area contributed by atoms with Crippen LogP contribution in [0.2, 0.25) is 0 Å². The fraction of sp³-hybridized carbons (Fsp3) is 0.167. The molecule has 2 aromatic heterocycles. The lowest BCUT2D eigenvalue weighted by Crippen LogP contribution is -2.31. The van der Waals surface area contributed by atoms with Crippen LogP contribution in [0.15, 0.2) is 64.8 Å². The summed E-state index contributed by atoms with van der Waals surface area (Å²) in [5, 5.41) is 4.65. The molecule has 35 heavy (non-hydrogen) atoms. The van der Waals surface area contributed by atoms with Gasteiger partial charge in [-0.05, 0) is 30.7 Å². The van der Waals surface area contributed by atoms with Crippen molar-refractivity contribution in [3.05, 3.63) is 81.7 Å². The molecule has 0 aliphatic heterocycles. The van der Waals surface area contributed by atoms with Crippen LogP contribution in [0.3, 0.4) is 0 Å². The first kappa shape index (κ1) is 24.0. The summed E-state index contributed by atoms with van der Waals surface area (Å²) in [5.41, 5.74) is 1.33. The van der Waals surface area contributed by atoms with Crippen LogP contribution in [-0.4, -0.2) is 35.0 Å². The summed E-state index contributed by atoms with van der Waals surface area (Å²) < 4.78 is 34.2. The van der Waals surface area contributed by atoms with Crippen molar-refractivity contribution in [1.82, 2.24) is 15.3 Å². The number of nitrogens with zero attached hydrogens (tertiary/aromatic N) is 1. The minimum absolute atomic E-state index is 0.0346. The van der Waals surface area contributed by atoms with Crippen molar-refractivity contribution in [2.75, 3.05) is 6.54 Å². The highest BCUT2D eigenvalue weighted by Gasteiger charge is 2.19. The van der Waals surface area contributed by atoms with E-state index in [0.29, 0.717) is 10.2 Å². The first-order chi connectivity index (χ1) is 16.8. The van der Waals surface area contributed by atoms with Gasteiger partial charge in [-0.3, -0.25) is 14.4 Å². The molecule has 4 aromatic rings. The maximum absolute atomic E-state index is 12.8. The Kier molecular flexibility index (Phi) is 7.16. The molecule has 4 rings (SSSR count). The number of amides is 1. The van der Waals surface area contributed by atoms with E-state index >= 15 is 0 Å². The summed E-state index contributed by atoms with van der Waals surface area (Å²) in [5.74, 6) is -1.46. The number of H-pyrrole nitrogens is 1. The molecule has 11 heteroatoms. The zero-order valence-corrected chi connectivity index (χ0v) is 19.1. The average molecular weight is 499 g/mol. The second kappa shape index (κ2) is 10.4. The minimum Gasteiger partial charge on any atom is -0.453 e. The third-order valence-electron chi connectivity index (χ3n) is 4.96. The predicted molar refractivity (Wildman–Crippen MR) is 126 cm³/mol. The van der Waals surface area contributed by atoms with Crippen molar-refractivity contribution in [1.29, 1.82) is 0 Å². The maximum Gasteiger partial charge on any atom is 0.387 e. The van der Waals surface area contributed by atoms with E-state index < -0.39 is 31.1 Å². The molecule has 0 aliphatic rings. The van der Waals surface area contributed by atoms with E-state index in [4.69, 9.17) is 4.74 Å². The lowest BCUT2D eigenvalue weighted by molar-refractivity contribution is -0.147. The van der Waals surface area contributed by atoms with Crippen molar-refractivity contribution in [2.24, 2.45) is 0 Å². The Hall–Kier alpha value is -4.12. The Morgan fingerprint density at radius 1 is 1.14 bits per heavy atom. The van der Waals surface area contributed by atoms with Gasteiger partial charge in [0, 0.05) is 16.5 Å². The molecular weight excluding hydrogens is 480 g/mol. The van der Waals surface area contributed by atoms with Gasteiger partial charge in [-0.2, -0.15) is 8.78 Å². The number of fused-ring (bicyclic) bond motifs is 1. The van der Waals surface area contributed by atoms with E-state index in [1.807, 2.05) is 35.7 Å². The quantitative estimate of drug-likeness (QED) is 0.350. The Labute approximate surface area is 201 Å². The summed E-state index contributed by atoms with van der Waals surface area (Å²) >= 11 is 1.30. The van der Waals surface area contributed by atoms with Gasteiger partial charge in [0.15, 0.2) is 11.9 Å². The van der Waals surface area contributed by atoms with Crippen LogP contribution in [0.25, 0.3) is 21.3 Å². The van der Waals surface area contributed by atoms with Crippen molar-refractivity contribution in [2.45, 2.75) is 19.6 Å². The summed E-state index contributed by atoms with van der Waals surface area (Å²) in [7, 11) is 0. The molecular formula is C24H19F2N3O5S. The lowest BCUT2D eigenvalue weighted by Gasteiger charge is -2.13. The van der Waals surface area contributed by atoms with Gasteiger partial charge in [0.1, 0.15) is 17.1 Å². The highest BCUT2D eigenvalue weighted by molar-refractivity contribution is 7.17. The van der Waals surface area contributed by atoms with Crippen LogP contribution in [0, 0.1) is 0 Å². The second-order valence-electron chi connectivity index (χ2n) is 7.37. The van der Waals surface area contributed by atoms with Crippen LogP contribution in [0.4, 0.5) is 8.78 Å². The summed E-state index contributed by atoms with van der Waals surface area (Å²) in [4.78, 5) is 44.8. The standard InChI is InChI=1S/C24H19F2N3O5S/c1-13(33-18(30)11-27-21(31)15-8-5-9-16(10-15)34-24(25)26)20-28-22(32)19-17(12-35-23(19)29-20)14-6-3-2-4-7-14/h2-10,12-13,24H,11H2,1H3,(H,27,31)(H,28,29,32). The van der Waals surface area contributed by atoms with E-state index in [-0.39, 0.29) is 22.7 Å². The van der Waals surface area contributed by atoms with Gasteiger partial charge in [-0.1, -0.05) is 36.4 Å². The lowest BCUT2D eigenvalue weighted by atomic mass is 10.1. The fourth-order valence-electron chi connectivity index (χ4n) is 3.35. The molecule has 0 saturated carbocycles. The van der Waals surface area contributed by atoms with E-state index in [1.54, 1.807) is 6.92 Å². The smallest absolute Gasteiger partial charge is 0.387 e. The van der Waals surface area contributed by atoms with Crippen molar-refractivity contribution in [3.8, 4) is 16.9 Å².